The van der Waals surface area contributed by atoms with Gasteiger partial charge in [-0.25, -0.2) is 4.98 Å². The maximum absolute atomic E-state index is 6.48. The first-order valence-electron chi connectivity index (χ1n) is 9.89. The molecule has 2 saturated carbocycles. The van der Waals surface area contributed by atoms with Crippen LogP contribution in [0.15, 0.2) is 6.33 Å². The smallest absolute Gasteiger partial charge is 0.242 e. The van der Waals surface area contributed by atoms with Crippen LogP contribution in [0.3, 0.4) is 0 Å². The molecule has 0 aromatic carbocycles. The summed E-state index contributed by atoms with van der Waals surface area (Å²) in [5.41, 5.74) is 7.85. The van der Waals surface area contributed by atoms with Crippen molar-refractivity contribution in [3.05, 3.63) is 6.33 Å². The number of anilines is 2. The summed E-state index contributed by atoms with van der Waals surface area (Å²) in [7, 11) is 0. The third-order valence-corrected chi connectivity index (χ3v) is 6.34. The van der Waals surface area contributed by atoms with Crippen molar-refractivity contribution in [3.8, 4) is 5.88 Å². The summed E-state index contributed by atoms with van der Waals surface area (Å²) < 4.78 is 6.16. The van der Waals surface area contributed by atoms with Crippen LogP contribution < -0.4 is 15.4 Å². The lowest BCUT2D eigenvalue weighted by molar-refractivity contribution is 0.136. The Morgan fingerprint density at radius 3 is 2.64 bits per heavy atom. The maximum Gasteiger partial charge on any atom is 0.242 e. The fourth-order valence-corrected chi connectivity index (χ4v) is 5.74. The minimum absolute atomic E-state index is 0.257. The van der Waals surface area contributed by atoms with Crippen LogP contribution in [0.1, 0.15) is 72.1 Å². The summed E-state index contributed by atoms with van der Waals surface area (Å²) in [5, 5.41) is 0. The minimum atomic E-state index is 0.257. The maximum atomic E-state index is 6.48. The lowest BCUT2D eigenvalue weighted by Gasteiger charge is -2.39. The summed E-state index contributed by atoms with van der Waals surface area (Å²) in [6.07, 6.45) is 11.6. The Kier molecular flexibility index (Phi) is 4.08. The molecule has 2 bridgehead atoms. The van der Waals surface area contributed by atoms with Gasteiger partial charge in [-0.15, -0.1) is 0 Å². The fourth-order valence-electron chi connectivity index (χ4n) is 5.74. The van der Waals surface area contributed by atoms with Gasteiger partial charge in [0.15, 0.2) is 5.82 Å². The van der Waals surface area contributed by atoms with E-state index < -0.39 is 0 Å². The standard InChI is InChI=1S/C20H32N4O/c1-19(2)9-14-10-20(3,11-19)12-24(14)17-16(21)18(23-13-22-17)25-15-7-5-4-6-8-15/h13-15H,4-12,21H2,1-3H3. The number of rotatable bonds is 3. The number of nitrogens with zero attached hydrogens (tertiary/aromatic N) is 3. The van der Waals surface area contributed by atoms with Crippen molar-refractivity contribution in [2.45, 2.75) is 84.3 Å². The first-order chi connectivity index (χ1) is 11.9. The molecule has 2 heterocycles. The highest BCUT2D eigenvalue weighted by Gasteiger charge is 2.50. The minimum Gasteiger partial charge on any atom is -0.473 e. The Labute approximate surface area is 151 Å². The summed E-state index contributed by atoms with van der Waals surface area (Å²) in [6.45, 7) is 8.23. The number of nitrogen functional groups attached to an aromatic ring is 1. The highest BCUT2D eigenvalue weighted by Crippen LogP contribution is 2.54. The Bertz CT molecular complexity index is 641. The van der Waals surface area contributed by atoms with E-state index in [2.05, 4.69) is 35.6 Å². The molecule has 3 aliphatic rings. The Balaban J connectivity index is 1.58. The molecule has 1 aromatic heterocycles. The van der Waals surface area contributed by atoms with Crippen molar-refractivity contribution >= 4 is 11.5 Å². The van der Waals surface area contributed by atoms with Gasteiger partial charge >= 0.3 is 0 Å². The molecule has 2 N–H and O–H groups in total. The van der Waals surface area contributed by atoms with Crippen molar-refractivity contribution in [1.29, 1.82) is 0 Å². The number of fused-ring (bicyclic) bond motifs is 2. The zero-order valence-electron chi connectivity index (χ0n) is 15.9. The predicted octanol–water partition coefficient (Wildman–Crippen LogP) is 4.18. The Hall–Kier alpha value is -1.52. The molecule has 0 amide bonds. The topological polar surface area (TPSA) is 64.3 Å². The Morgan fingerprint density at radius 1 is 1.12 bits per heavy atom. The van der Waals surface area contributed by atoms with Gasteiger partial charge in [-0.2, -0.15) is 4.98 Å². The molecule has 4 rings (SSSR count). The van der Waals surface area contributed by atoms with Gasteiger partial charge in [0, 0.05) is 12.6 Å². The van der Waals surface area contributed by atoms with Gasteiger partial charge in [-0.05, 0) is 55.8 Å². The molecule has 1 aromatic rings. The molecule has 3 fully saturated rings. The molecule has 2 aliphatic carbocycles. The molecule has 25 heavy (non-hydrogen) atoms. The van der Waals surface area contributed by atoms with E-state index in [9.17, 15) is 0 Å². The molecule has 1 aliphatic heterocycles. The van der Waals surface area contributed by atoms with Crippen LogP contribution >= 0.6 is 0 Å². The quantitative estimate of drug-likeness (QED) is 0.891. The van der Waals surface area contributed by atoms with Crippen molar-refractivity contribution < 1.29 is 4.74 Å². The third-order valence-electron chi connectivity index (χ3n) is 6.34. The first kappa shape index (κ1) is 16.9. The second kappa shape index (κ2) is 6.03. The number of aromatic nitrogens is 2. The molecule has 1 saturated heterocycles. The van der Waals surface area contributed by atoms with E-state index in [4.69, 9.17) is 10.5 Å². The van der Waals surface area contributed by atoms with Gasteiger partial charge in [0.2, 0.25) is 5.88 Å². The van der Waals surface area contributed by atoms with E-state index in [1.54, 1.807) is 6.33 Å². The average molecular weight is 345 g/mol. The SMILES string of the molecule is CC1(C)CC2CC(C)(CN2c2ncnc(OC3CCCCC3)c2N)C1. The predicted molar refractivity (Wildman–Crippen MR) is 101 cm³/mol. The average Bonchev–Trinajstić information content (AvgIpc) is 2.79. The van der Waals surface area contributed by atoms with Crippen LogP contribution in [0, 0.1) is 10.8 Å². The molecule has 0 radical (unpaired) electrons. The van der Waals surface area contributed by atoms with Gasteiger partial charge in [-0.3, -0.25) is 0 Å². The van der Waals surface area contributed by atoms with Gasteiger partial charge < -0.3 is 15.4 Å². The molecule has 138 valence electrons. The first-order valence-corrected chi connectivity index (χ1v) is 9.89. The summed E-state index contributed by atoms with van der Waals surface area (Å²) in [5.74, 6) is 1.47. The number of ether oxygens (including phenoxy) is 1. The second-order valence-electron chi connectivity index (χ2n) is 9.64. The molecular formula is C20H32N4O. The second-order valence-corrected chi connectivity index (χ2v) is 9.64. The Morgan fingerprint density at radius 2 is 1.88 bits per heavy atom. The van der Waals surface area contributed by atoms with Gasteiger partial charge in [-0.1, -0.05) is 27.2 Å². The van der Waals surface area contributed by atoms with Crippen molar-refractivity contribution in [1.82, 2.24) is 9.97 Å². The fraction of sp³-hybridized carbons (Fsp3) is 0.800. The highest BCUT2D eigenvalue weighted by atomic mass is 16.5. The molecule has 2 unspecified atom stereocenters. The van der Waals surface area contributed by atoms with Gasteiger partial charge in [0.25, 0.3) is 0 Å². The third kappa shape index (κ3) is 3.30. The van der Waals surface area contributed by atoms with Crippen LogP contribution in [-0.4, -0.2) is 28.7 Å². The van der Waals surface area contributed by atoms with Crippen LogP contribution in [-0.2, 0) is 0 Å². The van der Waals surface area contributed by atoms with Crippen LogP contribution in [0.5, 0.6) is 5.88 Å². The van der Waals surface area contributed by atoms with E-state index in [1.807, 2.05) is 0 Å². The van der Waals surface area contributed by atoms with Gasteiger partial charge in [0.1, 0.15) is 18.1 Å². The van der Waals surface area contributed by atoms with E-state index >= 15 is 0 Å². The van der Waals surface area contributed by atoms with Crippen LogP contribution in [0.4, 0.5) is 11.5 Å². The molecule has 5 nitrogen and oxygen atoms in total. The van der Waals surface area contributed by atoms with Crippen LogP contribution in [0.2, 0.25) is 0 Å². The summed E-state index contributed by atoms with van der Waals surface area (Å²) in [6, 6.07) is 0.522. The number of hydrogen-bond acceptors (Lipinski definition) is 5. The van der Waals surface area contributed by atoms with Crippen molar-refractivity contribution in [3.63, 3.8) is 0 Å². The van der Waals surface area contributed by atoms with Crippen LogP contribution in [0.25, 0.3) is 0 Å². The summed E-state index contributed by atoms with van der Waals surface area (Å²) in [4.78, 5) is 11.3. The lowest BCUT2D eigenvalue weighted by atomic mass is 9.65. The van der Waals surface area contributed by atoms with Gasteiger partial charge in [0.05, 0.1) is 0 Å². The zero-order valence-corrected chi connectivity index (χ0v) is 15.9. The molecular weight excluding hydrogens is 312 g/mol. The van der Waals surface area contributed by atoms with E-state index in [0.717, 1.165) is 25.2 Å². The normalized spacial score (nSPS) is 32.0. The highest BCUT2D eigenvalue weighted by molar-refractivity contribution is 5.69. The van der Waals surface area contributed by atoms with Crippen molar-refractivity contribution in [2.75, 3.05) is 17.2 Å². The molecule has 0 spiro atoms. The number of hydrogen-bond donors (Lipinski definition) is 1. The summed E-state index contributed by atoms with van der Waals surface area (Å²) >= 11 is 0. The van der Waals surface area contributed by atoms with Crippen molar-refractivity contribution in [2.24, 2.45) is 10.8 Å². The van der Waals surface area contributed by atoms with E-state index in [-0.39, 0.29) is 6.10 Å². The van der Waals surface area contributed by atoms with E-state index in [0.29, 0.717) is 28.4 Å². The zero-order chi connectivity index (χ0) is 17.7. The largest absolute Gasteiger partial charge is 0.473 e. The molecule has 2 atom stereocenters. The number of nitrogens with two attached hydrogens (primary N) is 1. The lowest BCUT2D eigenvalue weighted by Crippen LogP contribution is -2.35. The van der Waals surface area contributed by atoms with E-state index in [1.165, 1.54) is 38.5 Å². The monoisotopic (exact) mass is 344 g/mol. The molecule has 5 heteroatoms.